The molecule has 1 aliphatic rings. The zero-order valence-corrected chi connectivity index (χ0v) is 20.5. The van der Waals surface area contributed by atoms with E-state index in [4.69, 9.17) is 21.4 Å². The van der Waals surface area contributed by atoms with Crippen molar-refractivity contribution in [1.82, 2.24) is 14.8 Å². The molecule has 8 heteroatoms. The Morgan fingerprint density at radius 2 is 2.03 bits per heavy atom. The second-order valence-corrected chi connectivity index (χ2v) is 9.47. The van der Waals surface area contributed by atoms with Gasteiger partial charge >= 0.3 is 0 Å². The minimum atomic E-state index is -0.370. The molecule has 4 rings (SSSR count). The minimum absolute atomic E-state index is 0.00109. The predicted octanol–water partition coefficient (Wildman–Crippen LogP) is 6.28. The van der Waals surface area contributed by atoms with Crippen LogP contribution in [-0.2, 0) is 11.4 Å². The molecule has 6 nitrogen and oxygen atoms in total. The third kappa shape index (κ3) is 5.42. The molecule has 1 aromatic heterocycles. The van der Waals surface area contributed by atoms with Crippen molar-refractivity contribution in [3.05, 3.63) is 76.0 Å². The SMILES string of the molecule is CCCCSc1nc2n(n1)C(c1cccc(OCc3ccc(Cl)cc3)c1)C(C(C)=O)=C(C)N2. The molecule has 0 fully saturated rings. The van der Waals surface area contributed by atoms with Crippen LogP contribution in [0.25, 0.3) is 0 Å². The zero-order valence-electron chi connectivity index (χ0n) is 19.0. The summed E-state index contributed by atoms with van der Waals surface area (Å²) in [6, 6.07) is 15.0. The van der Waals surface area contributed by atoms with Crippen molar-refractivity contribution >= 4 is 35.1 Å². The van der Waals surface area contributed by atoms with Gasteiger partial charge in [-0.05, 0) is 55.7 Å². The Balaban J connectivity index is 1.63. The van der Waals surface area contributed by atoms with Crippen LogP contribution in [0, 0.1) is 0 Å². The number of halogens is 1. The predicted molar refractivity (Wildman–Crippen MR) is 133 cm³/mol. The van der Waals surface area contributed by atoms with E-state index in [9.17, 15) is 4.79 Å². The number of nitrogens with zero attached hydrogens (tertiary/aromatic N) is 3. The monoisotopic (exact) mass is 482 g/mol. The van der Waals surface area contributed by atoms with Crippen molar-refractivity contribution < 1.29 is 9.53 Å². The molecule has 2 heterocycles. The molecule has 0 aliphatic carbocycles. The zero-order chi connectivity index (χ0) is 23.4. The Hall–Kier alpha value is -2.77. The maximum Gasteiger partial charge on any atom is 0.227 e. The summed E-state index contributed by atoms with van der Waals surface area (Å²) in [5.74, 6) is 2.33. The highest BCUT2D eigenvalue weighted by Crippen LogP contribution is 2.37. The van der Waals surface area contributed by atoms with E-state index in [0.717, 1.165) is 41.2 Å². The summed E-state index contributed by atoms with van der Waals surface area (Å²) in [6.07, 6.45) is 2.23. The summed E-state index contributed by atoms with van der Waals surface area (Å²) < 4.78 is 7.85. The van der Waals surface area contributed by atoms with Crippen LogP contribution >= 0.6 is 23.4 Å². The largest absolute Gasteiger partial charge is 0.489 e. The number of aromatic nitrogens is 3. The number of nitrogens with one attached hydrogen (secondary N) is 1. The van der Waals surface area contributed by atoms with E-state index in [-0.39, 0.29) is 11.8 Å². The average molecular weight is 483 g/mol. The van der Waals surface area contributed by atoms with E-state index in [1.807, 2.05) is 60.1 Å². The fraction of sp³-hybridized carbons (Fsp3) is 0.320. The lowest BCUT2D eigenvalue weighted by Gasteiger charge is -2.28. The van der Waals surface area contributed by atoms with Gasteiger partial charge in [0.1, 0.15) is 18.4 Å². The van der Waals surface area contributed by atoms with Crippen LogP contribution in [0.1, 0.15) is 50.8 Å². The fourth-order valence-electron chi connectivity index (χ4n) is 3.79. The van der Waals surface area contributed by atoms with Crippen LogP contribution in [0.15, 0.2) is 65.0 Å². The standard InChI is InChI=1S/C25H27ClN4O2S/c1-4-5-13-33-25-28-24-27-16(2)22(17(3)31)23(30(24)29-25)19-7-6-8-21(14-19)32-15-18-9-11-20(26)12-10-18/h6-12,14,23H,4-5,13,15H2,1-3H3,(H,27,28,29). The summed E-state index contributed by atoms with van der Waals surface area (Å²) in [6.45, 7) is 6.09. The van der Waals surface area contributed by atoms with Gasteiger partial charge in [-0.1, -0.05) is 61.0 Å². The highest BCUT2D eigenvalue weighted by Gasteiger charge is 2.32. The number of thioether (sulfide) groups is 1. The van der Waals surface area contributed by atoms with Crippen molar-refractivity contribution in [1.29, 1.82) is 0 Å². The number of benzene rings is 2. The number of anilines is 1. The Morgan fingerprint density at radius 3 is 2.76 bits per heavy atom. The third-order valence-electron chi connectivity index (χ3n) is 5.43. The molecule has 3 aromatic rings. The highest BCUT2D eigenvalue weighted by atomic mass is 35.5. The summed E-state index contributed by atoms with van der Waals surface area (Å²) in [7, 11) is 0. The van der Waals surface area contributed by atoms with E-state index in [2.05, 4.69) is 17.2 Å². The van der Waals surface area contributed by atoms with Crippen LogP contribution in [-0.4, -0.2) is 26.3 Å². The maximum atomic E-state index is 12.6. The number of ether oxygens (including phenoxy) is 1. The molecule has 1 unspecified atom stereocenters. The van der Waals surface area contributed by atoms with Gasteiger partial charge in [0.2, 0.25) is 11.1 Å². The van der Waals surface area contributed by atoms with Crippen molar-refractivity contribution in [3.8, 4) is 5.75 Å². The van der Waals surface area contributed by atoms with Crippen molar-refractivity contribution in [2.24, 2.45) is 0 Å². The summed E-state index contributed by atoms with van der Waals surface area (Å²) >= 11 is 7.61. The van der Waals surface area contributed by atoms with Crippen LogP contribution in [0.4, 0.5) is 5.95 Å². The van der Waals surface area contributed by atoms with Crippen molar-refractivity contribution in [3.63, 3.8) is 0 Å². The van der Waals surface area contributed by atoms with Gasteiger partial charge in [0.05, 0.1) is 0 Å². The van der Waals surface area contributed by atoms with Crippen molar-refractivity contribution in [2.75, 3.05) is 11.1 Å². The molecule has 0 amide bonds. The first kappa shape index (κ1) is 23.4. The normalized spacial score (nSPS) is 15.2. The number of carbonyl (C=O) groups excluding carboxylic acids is 1. The van der Waals surface area contributed by atoms with E-state index in [1.165, 1.54) is 0 Å². The molecule has 1 aliphatic heterocycles. The van der Waals surface area contributed by atoms with Gasteiger partial charge in [-0.25, -0.2) is 4.68 Å². The smallest absolute Gasteiger partial charge is 0.227 e. The first-order chi connectivity index (χ1) is 16.0. The molecule has 33 heavy (non-hydrogen) atoms. The minimum Gasteiger partial charge on any atom is -0.489 e. The molecular weight excluding hydrogens is 456 g/mol. The Labute approximate surface area is 203 Å². The van der Waals surface area contributed by atoms with E-state index in [0.29, 0.717) is 28.3 Å². The Morgan fingerprint density at radius 1 is 1.24 bits per heavy atom. The van der Waals surface area contributed by atoms with Gasteiger partial charge in [-0.2, -0.15) is 4.98 Å². The molecule has 0 spiro atoms. The number of hydrogen-bond acceptors (Lipinski definition) is 6. The first-order valence-corrected chi connectivity index (χ1v) is 12.4. The van der Waals surface area contributed by atoms with Crippen LogP contribution in [0.3, 0.4) is 0 Å². The number of hydrogen-bond donors (Lipinski definition) is 1. The highest BCUT2D eigenvalue weighted by molar-refractivity contribution is 7.99. The van der Waals surface area contributed by atoms with E-state index in [1.54, 1.807) is 18.7 Å². The molecule has 1 atom stereocenters. The summed E-state index contributed by atoms with van der Waals surface area (Å²) in [4.78, 5) is 17.3. The number of allylic oxidation sites excluding steroid dienone is 2. The average Bonchev–Trinajstić information content (AvgIpc) is 3.20. The van der Waals surface area contributed by atoms with Gasteiger partial charge in [-0.15, -0.1) is 5.10 Å². The van der Waals surface area contributed by atoms with Gasteiger partial charge in [0.15, 0.2) is 5.78 Å². The van der Waals surface area contributed by atoms with Gasteiger partial charge < -0.3 is 10.1 Å². The molecule has 0 saturated carbocycles. The number of fused-ring (bicyclic) bond motifs is 1. The maximum absolute atomic E-state index is 12.6. The molecule has 172 valence electrons. The van der Waals surface area contributed by atoms with E-state index < -0.39 is 0 Å². The number of ketones is 1. The van der Waals surface area contributed by atoms with Crippen LogP contribution in [0.2, 0.25) is 5.02 Å². The van der Waals surface area contributed by atoms with Gasteiger partial charge in [-0.3, -0.25) is 4.79 Å². The number of carbonyl (C=O) groups is 1. The topological polar surface area (TPSA) is 69.0 Å². The van der Waals surface area contributed by atoms with Crippen LogP contribution in [0.5, 0.6) is 5.75 Å². The van der Waals surface area contributed by atoms with Gasteiger partial charge in [0, 0.05) is 22.0 Å². The second kappa shape index (κ2) is 10.4. The van der Waals surface area contributed by atoms with E-state index >= 15 is 0 Å². The molecule has 0 bridgehead atoms. The lowest BCUT2D eigenvalue weighted by atomic mass is 9.93. The van der Waals surface area contributed by atoms with Gasteiger partial charge in [0.25, 0.3) is 0 Å². The van der Waals surface area contributed by atoms with Crippen LogP contribution < -0.4 is 10.1 Å². The number of rotatable bonds is 9. The molecule has 2 aromatic carbocycles. The Bertz CT molecular complexity index is 1170. The first-order valence-electron chi connectivity index (χ1n) is 11.0. The van der Waals surface area contributed by atoms with Crippen molar-refractivity contribution in [2.45, 2.75) is 51.4 Å². The Kier molecular flexibility index (Phi) is 7.40. The lowest BCUT2D eigenvalue weighted by Crippen LogP contribution is -2.27. The molecule has 1 N–H and O–H groups in total. The summed E-state index contributed by atoms with van der Waals surface area (Å²) in [5, 5.41) is 9.41. The fourth-order valence-corrected chi connectivity index (χ4v) is 4.82. The lowest BCUT2D eigenvalue weighted by molar-refractivity contribution is -0.114. The number of unbranched alkanes of at least 4 members (excludes halogenated alkanes) is 1. The second-order valence-electron chi connectivity index (χ2n) is 7.97. The molecule has 0 saturated heterocycles. The quantitative estimate of drug-likeness (QED) is 0.286. The summed E-state index contributed by atoms with van der Waals surface area (Å²) in [5.41, 5.74) is 3.42. The molecule has 0 radical (unpaired) electrons. The number of Topliss-reactive ketones (excluding diaryl/α,β-unsaturated/α-hetero) is 1. The third-order valence-corrected chi connectivity index (χ3v) is 6.61. The molecular formula is C25H27ClN4O2S.